The molecule has 0 unspecified atom stereocenters. The summed E-state index contributed by atoms with van der Waals surface area (Å²) in [6.07, 6.45) is 7.01. The minimum atomic E-state index is -4.01. The number of hydrogen-bond donors (Lipinski definition) is 2. The highest BCUT2D eigenvalue weighted by atomic mass is 32.2. The molecule has 2 N–H and O–H groups in total. The lowest BCUT2D eigenvalue weighted by molar-refractivity contribution is 0.271. The number of aliphatic hydroxyl groups excluding tert-OH is 1. The van der Waals surface area contributed by atoms with Crippen molar-refractivity contribution in [3.63, 3.8) is 0 Å². The minimum Gasteiger partial charge on any atom is -0.493 e. The van der Waals surface area contributed by atoms with Gasteiger partial charge in [-0.3, -0.25) is 18.8 Å². The normalized spacial score (nSPS) is 11.5. The van der Waals surface area contributed by atoms with Crippen LogP contribution >= 0.6 is 0 Å². The molecule has 41 heavy (non-hydrogen) atoms. The molecule has 0 aliphatic carbocycles. The van der Waals surface area contributed by atoms with Crippen molar-refractivity contribution < 1.29 is 27.7 Å². The zero-order valence-electron chi connectivity index (χ0n) is 23.5. The molecular weight excluding hydrogens is 548 g/mol. The van der Waals surface area contributed by atoms with E-state index in [-0.39, 0.29) is 28.6 Å². The van der Waals surface area contributed by atoms with E-state index in [2.05, 4.69) is 9.71 Å². The smallest absolute Gasteiger partial charge is 0.328 e. The van der Waals surface area contributed by atoms with Gasteiger partial charge in [-0.2, -0.15) is 0 Å². The van der Waals surface area contributed by atoms with E-state index in [1.165, 1.54) is 33.7 Å². The van der Waals surface area contributed by atoms with Gasteiger partial charge in [0.15, 0.2) is 5.75 Å². The van der Waals surface area contributed by atoms with E-state index in [9.17, 15) is 13.2 Å². The number of nitrogens with one attached hydrogen (secondary N) is 1. The van der Waals surface area contributed by atoms with Gasteiger partial charge in [-0.25, -0.2) is 13.2 Å². The van der Waals surface area contributed by atoms with Gasteiger partial charge < -0.3 is 19.3 Å². The molecule has 220 valence electrons. The van der Waals surface area contributed by atoms with E-state index in [1.54, 1.807) is 44.4 Å². The zero-order chi connectivity index (χ0) is 29.4. The molecule has 0 amide bonds. The van der Waals surface area contributed by atoms with E-state index < -0.39 is 10.0 Å². The first-order valence-corrected chi connectivity index (χ1v) is 15.0. The summed E-state index contributed by atoms with van der Waals surface area (Å²) in [7, 11) is -0.759. The topological polar surface area (TPSA) is 134 Å². The summed E-state index contributed by atoms with van der Waals surface area (Å²) >= 11 is 0. The fraction of sp³-hybridized carbons (Fsp3) is 0.379. The van der Waals surface area contributed by atoms with Crippen LogP contribution in [0.3, 0.4) is 0 Å². The highest BCUT2D eigenvalue weighted by Crippen LogP contribution is 2.37. The van der Waals surface area contributed by atoms with Crippen LogP contribution in [0, 0.1) is 0 Å². The minimum absolute atomic E-state index is 0.0161. The molecule has 0 saturated heterocycles. The maximum absolute atomic E-state index is 13.2. The fourth-order valence-corrected chi connectivity index (χ4v) is 5.30. The number of unbranched alkanes of at least 4 members (excludes halogenated alkanes) is 3. The van der Waals surface area contributed by atoms with Crippen LogP contribution in [0.2, 0.25) is 0 Å². The molecule has 0 radical (unpaired) electrons. The Morgan fingerprint density at radius 3 is 2.22 bits per heavy atom. The van der Waals surface area contributed by atoms with Crippen LogP contribution in [-0.4, -0.2) is 47.5 Å². The predicted molar refractivity (Wildman–Crippen MR) is 157 cm³/mol. The molecule has 0 bridgehead atoms. The number of sulfonamides is 1. The van der Waals surface area contributed by atoms with Crippen molar-refractivity contribution in [2.45, 2.75) is 43.9 Å². The Balaban J connectivity index is 1.70. The number of aliphatic hydroxyl groups is 1. The van der Waals surface area contributed by atoms with E-state index in [0.29, 0.717) is 41.5 Å². The first-order chi connectivity index (χ1) is 19.7. The molecular formula is C29H36N4O7S. The van der Waals surface area contributed by atoms with Gasteiger partial charge in [0, 0.05) is 57.4 Å². The largest absolute Gasteiger partial charge is 0.493 e. The summed E-state index contributed by atoms with van der Waals surface area (Å²) in [6, 6.07) is 11.4. The maximum atomic E-state index is 13.2. The monoisotopic (exact) mass is 584 g/mol. The third-order valence-electron chi connectivity index (χ3n) is 6.44. The number of ether oxygens (including phenoxy) is 3. The first kappa shape index (κ1) is 29.9. The maximum Gasteiger partial charge on any atom is 0.328 e. The molecule has 0 atom stereocenters. The van der Waals surface area contributed by atoms with Gasteiger partial charge in [0.1, 0.15) is 22.1 Å². The SMILES string of the molecule is CCCOc1cc(OCCCCCCO)cc(Oc2cc3c(cc2NS(=O)(=O)c2cccnc2)n(C)c(=O)n3C)c1. The zero-order valence-corrected chi connectivity index (χ0v) is 24.3. The Morgan fingerprint density at radius 2 is 1.56 bits per heavy atom. The second-order valence-corrected chi connectivity index (χ2v) is 11.3. The lowest BCUT2D eigenvalue weighted by Gasteiger charge is -2.16. The van der Waals surface area contributed by atoms with Crippen LogP contribution in [0.25, 0.3) is 11.0 Å². The molecule has 0 aliphatic heterocycles. The van der Waals surface area contributed by atoms with Crippen LogP contribution in [-0.2, 0) is 24.1 Å². The van der Waals surface area contributed by atoms with Gasteiger partial charge in [-0.05, 0) is 43.9 Å². The number of fused-ring (bicyclic) bond motifs is 1. The third-order valence-corrected chi connectivity index (χ3v) is 7.79. The average molecular weight is 585 g/mol. The molecule has 4 rings (SSSR count). The molecule has 2 heterocycles. The van der Waals surface area contributed by atoms with E-state index in [0.717, 1.165) is 32.1 Å². The van der Waals surface area contributed by atoms with Gasteiger partial charge in [0.25, 0.3) is 10.0 Å². The summed E-state index contributed by atoms with van der Waals surface area (Å²) in [6.45, 7) is 3.17. The van der Waals surface area contributed by atoms with Crippen molar-refractivity contribution in [2.24, 2.45) is 14.1 Å². The Bertz CT molecular complexity index is 1630. The molecule has 0 fully saturated rings. The Labute approximate surface area is 239 Å². The standard InChI is InChI=1S/C29H36N4O7S/c1-4-13-38-21-15-22(39-14-8-6-5-7-12-34)17-23(16-21)40-28-19-27-26(32(2)29(35)33(27)3)18-25(28)31-41(36,37)24-10-9-11-30-20-24/h9-11,15-20,31,34H,4-8,12-14H2,1-3H3. The van der Waals surface area contributed by atoms with E-state index >= 15 is 0 Å². The number of aromatic nitrogens is 3. The Morgan fingerprint density at radius 1 is 0.902 bits per heavy atom. The second-order valence-electron chi connectivity index (χ2n) is 9.61. The highest BCUT2D eigenvalue weighted by Gasteiger charge is 2.21. The van der Waals surface area contributed by atoms with Gasteiger partial charge in [0.2, 0.25) is 0 Å². The fourth-order valence-electron chi connectivity index (χ4n) is 4.28. The Hall–Kier alpha value is -4.03. The van der Waals surface area contributed by atoms with Crippen molar-refractivity contribution in [2.75, 3.05) is 24.5 Å². The lowest BCUT2D eigenvalue weighted by Crippen LogP contribution is -2.19. The average Bonchev–Trinajstić information content (AvgIpc) is 3.17. The van der Waals surface area contributed by atoms with Crippen molar-refractivity contribution in [3.05, 3.63) is 65.3 Å². The molecule has 0 aliphatic rings. The number of benzene rings is 2. The van der Waals surface area contributed by atoms with E-state index in [1.807, 2.05) is 6.92 Å². The van der Waals surface area contributed by atoms with Crippen molar-refractivity contribution in [1.29, 1.82) is 0 Å². The number of pyridine rings is 1. The summed E-state index contributed by atoms with van der Waals surface area (Å²) in [5.74, 6) is 1.65. The summed E-state index contributed by atoms with van der Waals surface area (Å²) in [5, 5.41) is 8.96. The molecule has 2 aromatic carbocycles. The number of aryl methyl sites for hydroxylation is 2. The predicted octanol–water partition coefficient (Wildman–Crippen LogP) is 4.59. The summed E-state index contributed by atoms with van der Waals surface area (Å²) in [5.41, 5.74) is 0.977. The number of hydrogen-bond acceptors (Lipinski definition) is 8. The third kappa shape index (κ3) is 7.39. The van der Waals surface area contributed by atoms with Gasteiger partial charge in [0.05, 0.1) is 29.9 Å². The molecule has 0 saturated carbocycles. The first-order valence-electron chi connectivity index (χ1n) is 13.5. The number of anilines is 1. The number of rotatable bonds is 15. The number of nitrogens with zero attached hydrogens (tertiary/aromatic N) is 3. The quantitative estimate of drug-likeness (QED) is 0.194. The molecule has 12 heteroatoms. The molecule has 2 aromatic heterocycles. The number of imidazole rings is 1. The molecule has 0 spiro atoms. The van der Waals surface area contributed by atoms with Crippen molar-refractivity contribution >= 4 is 26.7 Å². The lowest BCUT2D eigenvalue weighted by atomic mass is 10.2. The molecule has 11 nitrogen and oxygen atoms in total. The van der Waals surface area contributed by atoms with Crippen LogP contribution < -0.4 is 24.6 Å². The van der Waals surface area contributed by atoms with Gasteiger partial charge in [-0.15, -0.1) is 0 Å². The highest BCUT2D eigenvalue weighted by molar-refractivity contribution is 7.92. The Kier molecular flexibility index (Phi) is 9.90. The van der Waals surface area contributed by atoms with Gasteiger partial charge >= 0.3 is 5.69 Å². The summed E-state index contributed by atoms with van der Waals surface area (Å²) < 4.78 is 50.0. The summed E-state index contributed by atoms with van der Waals surface area (Å²) in [4.78, 5) is 16.5. The van der Waals surface area contributed by atoms with E-state index in [4.69, 9.17) is 19.3 Å². The van der Waals surface area contributed by atoms with Crippen LogP contribution in [0.1, 0.15) is 39.0 Å². The van der Waals surface area contributed by atoms with Crippen LogP contribution in [0.15, 0.2) is 64.5 Å². The van der Waals surface area contributed by atoms with Crippen molar-refractivity contribution in [3.8, 4) is 23.0 Å². The van der Waals surface area contributed by atoms with Crippen LogP contribution in [0.5, 0.6) is 23.0 Å². The van der Waals surface area contributed by atoms with Crippen LogP contribution in [0.4, 0.5) is 5.69 Å². The van der Waals surface area contributed by atoms with Gasteiger partial charge in [-0.1, -0.05) is 13.3 Å². The van der Waals surface area contributed by atoms with Crippen molar-refractivity contribution in [1.82, 2.24) is 14.1 Å². The molecule has 4 aromatic rings. The second kappa shape index (κ2) is 13.6.